The van der Waals surface area contributed by atoms with E-state index in [1.54, 1.807) is 0 Å². The Morgan fingerprint density at radius 1 is 0.453 bits per heavy atom. The van der Waals surface area contributed by atoms with Crippen molar-refractivity contribution in [1.82, 2.24) is 0 Å². The summed E-state index contributed by atoms with van der Waals surface area (Å²) < 4.78 is 34.4. The molecule has 0 aromatic heterocycles. The molecular weight excluding hydrogens is 957 g/mol. The van der Waals surface area contributed by atoms with Crippen LogP contribution in [0.15, 0.2) is 85.1 Å². The average molecular weight is 1060 g/mol. The van der Waals surface area contributed by atoms with Crippen LogP contribution in [-0.4, -0.2) is 142 Å². The number of hydrogen-bond acceptors (Lipinski definition) is 14. The summed E-state index contributed by atoms with van der Waals surface area (Å²) in [6.45, 7) is 3.50. The van der Waals surface area contributed by atoms with Crippen molar-refractivity contribution in [2.45, 2.75) is 261 Å². The normalized spacial score (nSPS) is 25.2. The van der Waals surface area contributed by atoms with Crippen LogP contribution in [-0.2, 0) is 33.2 Å². The molecule has 2 aliphatic rings. The molecule has 14 nitrogen and oxygen atoms in total. The molecule has 2 saturated heterocycles. The van der Waals surface area contributed by atoms with Crippen molar-refractivity contribution in [3.05, 3.63) is 85.1 Å². The summed E-state index contributed by atoms with van der Waals surface area (Å²) in [6.07, 6.45) is 44.9. The summed E-state index contributed by atoms with van der Waals surface area (Å²) in [5, 5.41) is 72.3. The molecule has 0 spiro atoms. The Kier molecular flexibility index (Phi) is 43.0. The quantitative estimate of drug-likeness (QED) is 0.0172. The van der Waals surface area contributed by atoms with E-state index in [1.165, 1.54) is 64.2 Å². The fourth-order valence-electron chi connectivity index (χ4n) is 8.69. The van der Waals surface area contributed by atoms with Gasteiger partial charge in [0.1, 0.15) is 54.9 Å². The molecule has 0 aromatic rings. The summed E-state index contributed by atoms with van der Waals surface area (Å²) in [6, 6.07) is 0. The first kappa shape index (κ1) is 68.3. The number of rotatable bonds is 46. The second-order valence-corrected chi connectivity index (χ2v) is 20.1. The van der Waals surface area contributed by atoms with Crippen LogP contribution in [0.2, 0.25) is 0 Å². The average Bonchev–Trinajstić information content (AvgIpc) is 3.41. The summed E-state index contributed by atoms with van der Waals surface area (Å²) in [5.74, 6) is -0.393. The van der Waals surface area contributed by atoms with E-state index in [0.29, 0.717) is 13.0 Å². The number of carbonyl (C=O) groups excluding carboxylic acids is 1. The summed E-state index contributed by atoms with van der Waals surface area (Å²) in [5.41, 5.74) is 0. The van der Waals surface area contributed by atoms with E-state index in [2.05, 4.69) is 98.9 Å². The summed E-state index contributed by atoms with van der Waals surface area (Å²) >= 11 is 0. The number of aliphatic hydroxyl groups is 7. The number of unbranched alkanes of at least 4 members (excludes halogenated alkanes) is 18. The van der Waals surface area contributed by atoms with Crippen molar-refractivity contribution in [2.75, 3.05) is 33.0 Å². The molecule has 7 N–H and O–H groups in total. The topological polar surface area (TPSA) is 214 Å². The maximum atomic E-state index is 13.1. The molecule has 11 atom stereocenters. The minimum Gasteiger partial charge on any atom is -0.457 e. The maximum Gasteiger partial charge on any atom is 0.306 e. The van der Waals surface area contributed by atoms with Gasteiger partial charge in [0.05, 0.1) is 26.4 Å². The molecule has 2 aliphatic heterocycles. The zero-order valence-corrected chi connectivity index (χ0v) is 46.3. The molecule has 2 heterocycles. The molecule has 11 unspecified atom stereocenters. The Hall–Kier alpha value is -2.83. The minimum atomic E-state index is -1.72. The van der Waals surface area contributed by atoms with Gasteiger partial charge in [-0.15, -0.1) is 0 Å². The van der Waals surface area contributed by atoms with Gasteiger partial charge in [0.25, 0.3) is 0 Å². The van der Waals surface area contributed by atoms with E-state index in [4.69, 9.17) is 28.4 Å². The number of hydrogen-bond donors (Lipinski definition) is 7. The largest absolute Gasteiger partial charge is 0.457 e. The molecule has 14 heteroatoms. The first-order valence-corrected chi connectivity index (χ1v) is 29.2. The van der Waals surface area contributed by atoms with Crippen LogP contribution < -0.4 is 0 Å². The first-order chi connectivity index (χ1) is 36.6. The van der Waals surface area contributed by atoms with Gasteiger partial charge in [-0.1, -0.05) is 182 Å². The lowest BCUT2D eigenvalue weighted by atomic mass is 9.98. The van der Waals surface area contributed by atoms with Crippen molar-refractivity contribution in [3.63, 3.8) is 0 Å². The van der Waals surface area contributed by atoms with E-state index >= 15 is 0 Å². The maximum absolute atomic E-state index is 13.1. The Morgan fingerprint density at radius 3 is 1.36 bits per heavy atom. The third-order valence-electron chi connectivity index (χ3n) is 13.4. The molecular formula is C61H104O14. The molecule has 0 amide bonds. The van der Waals surface area contributed by atoms with Gasteiger partial charge in [-0.05, 0) is 89.9 Å². The fraction of sp³-hybridized carbons (Fsp3) is 0.754. The first-order valence-electron chi connectivity index (χ1n) is 29.2. The zero-order chi connectivity index (χ0) is 54.4. The van der Waals surface area contributed by atoms with Gasteiger partial charge in [-0.2, -0.15) is 0 Å². The highest BCUT2D eigenvalue weighted by Gasteiger charge is 2.47. The summed E-state index contributed by atoms with van der Waals surface area (Å²) in [7, 11) is 0. The number of esters is 1. The van der Waals surface area contributed by atoms with Crippen LogP contribution in [0.25, 0.3) is 0 Å². The smallest absolute Gasteiger partial charge is 0.306 e. The Labute approximate surface area is 452 Å². The Morgan fingerprint density at radius 2 is 0.867 bits per heavy atom. The van der Waals surface area contributed by atoms with Crippen molar-refractivity contribution in [1.29, 1.82) is 0 Å². The van der Waals surface area contributed by atoms with Crippen LogP contribution in [0.1, 0.15) is 194 Å². The summed E-state index contributed by atoms with van der Waals surface area (Å²) in [4.78, 5) is 13.1. The van der Waals surface area contributed by atoms with Crippen LogP contribution in [0.5, 0.6) is 0 Å². The molecule has 432 valence electrons. The van der Waals surface area contributed by atoms with Crippen molar-refractivity contribution in [2.24, 2.45) is 0 Å². The second-order valence-electron chi connectivity index (χ2n) is 20.1. The third-order valence-corrected chi connectivity index (χ3v) is 13.4. The van der Waals surface area contributed by atoms with Crippen molar-refractivity contribution < 1.29 is 69.0 Å². The number of carbonyl (C=O) groups is 1. The lowest BCUT2D eigenvalue weighted by Gasteiger charge is -2.42. The van der Waals surface area contributed by atoms with Crippen LogP contribution in [0.3, 0.4) is 0 Å². The number of ether oxygens (including phenoxy) is 6. The Bertz CT molecular complexity index is 1560. The lowest BCUT2D eigenvalue weighted by molar-refractivity contribution is -0.332. The molecule has 0 bridgehead atoms. The van der Waals surface area contributed by atoms with Gasteiger partial charge in [0, 0.05) is 13.0 Å². The predicted octanol–water partition coefficient (Wildman–Crippen LogP) is 10.4. The van der Waals surface area contributed by atoms with Crippen molar-refractivity contribution in [3.8, 4) is 0 Å². The zero-order valence-electron chi connectivity index (χ0n) is 46.3. The highest BCUT2D eigenvalue weighted by Crippen LogP contribution is 2.26. The fourth-order valence-corrected chi connectivity index (χ4v) is 8.69. The van der Waals surface area contributed by atoms with E-state index in [1.807, 2.05) is 0 Å². The lowest BCUT2D eigenvalue weighted by Crippen LogP contribution is -2.61. The number of aliphatic hydroxyl groups excluding tert-OH is 7. The van der Waals surface area contributed by atoms with Gasteiger partial charge in [0.15, 0.2) is 12.6 Å². The van der Waals surface area contributed by atoms with Crippen LogP contribution in [0.4, 0.5) is 0 Å². The molecule has 2 rings (SSSR count). The van der Waals surface area contributed by atoms with Crippen molar-refractivity contribution >= 4 is 5.97 Å². The monoisotopic (exact) mass is 1060 g/mol. The van der Waals surface area contributed by atoms with Gasteiger partial charge in [0.2, 0.25) is 0 Å². The standard InChI is InChI=1S/C61H104O14/c1-3-5-7-9-11-13-15-17-19-21-23-24-25-26-27-28-30-32-34-36-38-40-42-44-53(63)73-50(47-70-45-43-41-39-37-35-33-31-29-22-20-18-16-14-12-10-8-6-4-2)48-71-60-59(69)57(67)55(65)52(75-60)49-72-61-58(68)56(66)54(64)51(46-62)74-61/h6,8,12,14-15,17-18,20-21,23,25-26,29,31,50-52,54-62,64-69H,3-5,7,9-11,13,16,19,22,24,27-28,30,32-49H2,1-2H3/b8-6-,14-12-,17-15-,20-18-,23-21-,26-25-,31-29-. The molecule has 0 aromatic carbocycles. The molecule has 0 radical (unpaired) electrons. The van der Waals surface area contributed by atoms with Gasteiger partial charge < -0.3 is 64.2 Å². The molecule has 0 aliphatic carbocycles. The highest BCUT2D eigenvalue weighted by molar-refractivity contribution is 5.69. The Balaban J connectivity index is 1.73. The van der Waals surface area contributed by atoms with Gasteiger partial charge >= 0.3 is 5.97 Å². The molecule has 0 saturated carbocycles. The predicted molar refractivity (Wildman–Crippen MR) is 298 cm³/mol. The third kappa shape index (κ3) is 33.9. The molecule has 2 fully saturated rings. The van der Waals surface area contributed by atoms with Gasteiger partial charge in [-0.25, -0.2) is 0 Å². The minimum absolute atomic E-state index is 0.0409. The number of allylic oxidation sites excluding steroid dienone is 14. The van der Waals surface area contributed by atoms with E-state index in [0.717, 1.165) is 103 Å². The van der Waals surface area contributed by atoms with Crippen LogP contribution >= 0.6 is 0 Å². The van der Waals surface area contributed by atoms with E-state index in [9.17, 15) is 40.5 Å². The molecule has 75 heavy (non-hydrogen) atoms. The van der Waals surface area contributed by atoms with E-state index in [-0.39, 0.29) is 19.6 Å². The van der Waals surface area contributed by atoms with Gasteiger partial charge in [-0.3, -0.25) is 4.79 Å². The highest BCUT2D eigenvalue weighted by atomic mass is 16.7. The second kappa shape index (κ2) is 47.2. The van der Waals surface area contributed by atoms with Crippen LogP contribution in [0, 0.1) is 0 Å². The SMILES string of the molecule is CC/C=C\C/C=C\C/C=C\C/C=C\CCCCCCCOCC(COC1OC(COC2OC(CO)C(O)C(O)C2O)C(O)C(O)C1O)OC(=O)CCCCCCCCCC/C=C\C/C=C\C/C=C\CCCCCCC. The van der Waals surface area contributed by atoms with E-state index < -0.39 is 86.7 Å².